The van der Waals surface area contributed by atoms with E-state index in [1.54, 1.807) is 12.2 Å². The van der Waals surface area contributed by atoms with E-state index in [4.69, 9.17) is 11.6 Å². The van der Waals surface area contributed by atoms with Crippen molar-refractivity contribution in [3.05, 3.63) is 23.8 Å². The summed E-state index contributed by atoms with van der Waals surface area (Å²) in [6.07, 6.45) is 4.40. The normalized spacial score (nSPS) is 16.2. The molecule has 0 aliphatic carbocycles. The predicted molar refractivity (Wildman–Crippen MR) is 44.2 cm³/mol. The first kappa shape index (κ1) is 9.70. The van der Waals surface area contributed by atoms with Crippen molar-refractivity contribution >= 4 is 11.6 Å². The molecular weight excluding hydrogens is 151 g/mol. The largest absolute Gasteiger partial charge is 0.243 e. The van der Waals surface area contributed by atoms with Crippen LogP contribution in [0.2, 0.25) is 0 Å². The van der Waals surface area contributed by atoms with Crippen molar-refractivity contribution in [2.45, 2.75) is 20.0 Å². The lowest BCUT2D eigenvalue weighted by Crippen LogP contribution is -1.98. The van der Waals surface area contributed by atoms with E-state index in [9.17, 15) is 4.39 Å². The highest BCUT2D eigenvalue weighted by Crippen LogP contribution is 2.07. The molecule has 0 fully saturated rings. The molecule has 0 spiro atoms. The van der Waals surface area contributed by atoms with Gasteiger partial charge in [-0.05, 0) is 19.4 Å². The van der Waals surface area contributed by atoms with Gasteiger partial charge in [-0.25, -0.2) is 4.39 Å². The molecule has 0 nitrogen and oxygen atoms in total. The molecule has 0 aromatic carbocycles. The molecule has 0 heterocycles. The number of allylic oxidation sites excluding steroid dienone is 4. The minimum atomic E-state index is -0.936. The Balaban J connectivity index is 4.04. The van der Waals surface area contributed by atoms with E-state index in [1.165, 1.54) is 6.92 Å². The molecule has 1 atom stereocenters. The summed E-state index contributed by atoms with van der Waals surface area (Å²) in [5.74, 6) is 0.266. The molecule has 0 amide bonds. The van der Waals surface area contributed by atoms with Gasteiger partial charge in [0, 0.05) is 5.88 Å². The van der Waals surface area contributed by atoms with Gasteiger partial charge in [-0.2, -0.15) is 0 Å². The molecule has 0 bridgehead atoms. The molecule has 0 aliphatic rings. The van der Waals surface area contributed by atoms with Gasteiger partial charge in [0.2, 0.25) is 0 Å². The second-order valence-electron chi connectivity index (χ2n) is 2.02. The van der Waals surface area contributed by atoms with Crippen LogP contribution in [0.4, 0.5) is 4.39 Å². The fraction of sp³-hybridized carbons (Fsp3) is 0.500. The topological polar surface area (TPSA) is 0 Å². The van der Waals surface area contributed by atoms with Crippen molar-refractivity contribution in [2.24, 2.45) is 0 Å². The third-order valence-electron chi connectivity index (χ3n) is 1.17. The second kappa shape index (κ2) is 5.48. The molecular formula is C8H12ClF. The molecule has 10 heavy (non-hydrogen) atoms. The maximum atomic E-state index is 12.5. The lowest BCUT2D eigenvalue weighted by molar-refractivity contribution is 0.412. The summed E-state index contributed by atoms with van der Waals surface area (Å²) in [4.78, 5) is 0. The monoisotopic (exact) mass is 162 g/mol. The molecule has 0 aliphatic heterocycles. The zero-order valence-electron chi connectivity index (χ0n) is 6.27. The van der Waals surface area contributed by atoms with Crippen molar-refractivity contribution in [2.75, 3.05) is 5.88 Å². The van der Waals surface area contributed by atoms with Crippen LogP contribution >= 0.6 is 11.6 Å². The maximum Gasteiger partial charge on any atom is 0.120 e. The van der Waals surface area contributed by atoms with Crippen molar-refractivity contribution in [3.63, 3.8) is 0 Å². The molecule has 58 valence electrons. The molecule has 2 heteroatoms. The predicted octanol–water partition coefficient (Wildman–Crippen LogP) is 3.09. The summed E-state index contributed by atoms with van der Waals surface area (Å²) in [5.41, 5.74) is 0.625. The van der Waals surface area contributed by atoms with Gasteiger partial charge in [-0.3, -0.25) is 0 Å². The van der Waals surface area contributed by atoms with Gasteiger partial charge in [0.15, 0.2) is 0 Å². The summed E-state index contributed by atoms with van der Waals surface area (Å²) in [7, 11) is 0. The highest BCUT2D eigenvalue weighted by Gasteiger charge is 2.02. The van der Waals surface area contributed by atoms with Crippen LogP contribution in [0.5, 0.6) is 0 Å². The molecule has 0 radical (unpaired) electrons. The molecule has 0 saturated carbocycles. The number of halogens is 2. The quantitative estimate of drug-likeness (QED) is 0.442. The van der Waals surface area contributed by atoms with E-state index < -0.39 is 6.17 Å². The van der Waals surface area contributed by atoms with Gasteiger partial charge >= 0.3 is 0 Å². The van der Waals surface area contributed by atoms with Crippen molar-refractivity contribution < 1.29 is 4.39 Å². The van der Waals surface area contributed by atoms with Crippen LogP contribution in [0.25, 0.3) is 0 Å². The summed E-state index contributed by atoms with van der Waals surface area (Å²) >= 11 is 5.46. The van der Waals surface area contributed by atoms with Gasteiger partial charge in [-0.15, -0.1) is 11.6 Å². The first-order valence-electron chi connectivity index (χ1n) is 3.24. The average Bonchev–Trinajstić information content (AvgIpc) is 1.89. The Morgan fingerprint density at radius 3 is 2.60 bits per heavy atom. The summed E-state index contributed by atoms with van der Waals surface area (Å²) in [6.45, 7) is 3.36. The molecule has 0 aromatic heterocycles. The Kier molecular flexibility index (Phi) is 5.32. The lowest BCUT2D eigenvalue weighted by atomic mass is 10.2. The maximum absolute atomic E-state index is 12.5. The zero-order valence-corrected chi connectivity index (χ0v) is 7.03. The zero-order chi connectivity index (χ0) is 7.98. The van der Waals surface area contributed by atoms with Gasteiger partial charge in [0.05, 0.1) is 0 Å². The van der Waals surface area contributed by atoms with Crippen LogP contribution in [0.1, 0.15) is 13.8 Å². The fourth-order valence-corrected chi connectivity index (χ4v) is 0.805. The van der Waals surface area contributed by atoms with Gasteiger partial charge in [0.25, 0.3) is 0 Å². The average molecular weight is 163 g/mol. The lowest BCUT2D eigenvalue weighted by Gasteiger charge is -2.01. The first-order chi connectivity index (χ1) is 4.72. The third kappa shape index (κ3) is 3.67. The highest BCUT2D eigenvalue weighted by molar-refractivity contribution is 6.19. The van der Waals surface area contributed by atoms with Crippen LogP contribution in [0.3, 0.4) is 0 Å². The van der Waals surface area contributed by atoms with Crippen LogP contribution in [-0.4, -0.2) is 12.1 Å². The number of rotatable bonds is 3. The summed E-state index contributed by atoms with van der Waals surface area (Å²) in [5, 5.41) is 0. The highest BCUT2D eigenvalue weighted by atomic mass is 35.5. The second-order valence-corrected chi connectivity index (χ2v) is 2.28. The van der Waals surface area contributed by atoms with Gasteiger partial charge in [0.1, 0.15) is 6.17 Å². The Labute approximate surface area is 66.4 Å². The molecule has 0 N–H and O–H groups in total. The molecule has 0 aromatic rings. The van der Waals surface area contributed by atoms with Crippen LogP contribution in [0.15, 0.2) is 23.8 Å². The smallest absolute Gasteiger partial charge is 0.120 e. The molecule has 1 unspecified atom stereocenters. The first-order valence-corrected chi connectivity index (χ1v) is 3.77. The number of alkyl halides is 2. The third-order valence-corrected chi connectivity index (χ3v) is 1.48. The van der Waals surface area contributed by atoms with Crippen LogP contribution in [-0.2, 0) is 0 Å². The molecule has 0 saturated heterocycles. The van der Waals surface area contributed by atoms with Crippen molar-refractivity contribution in [1.82, 2.24) is 0 Å². The molecule has 0 rings (SSSR count). The van der Waals surface area contributed by atoms with E-state index in [1.807, 2.05) is 13.0 Å². The van der Waals surface area contributed by atoms with Crippen LogP contribution in [0, 0.1) is 0 Å². The van der Waals surface area contributed by atoms with Gasteiger partial charge in [-0.1, -0.05) is 18.2 Å². The van der Waals surface area contributed by atoms with Crippen LogP contribution < -0.4 is 0 Å². The Hall–Kier alpha value is -0.300. The Morgan fingerprint density at radius 1 is 1.70 bits per heavy atom. The minimum Gasteiger partial charge on any atom is -0.243 e. The van der Waals surface area contributed by atoms with E-state index in [0.29, 0.717) is 5.57 Å². The summed E-state index contributed by atoms with van der Waals surface area (Å²) < 4.78 is 12.5. The van der Waals surface area contributed by atoms with E-state index >= 15 is 0 Å². The van der Waals surface area contributed by atoms with E-state index in [-0.39, 0.29) is 5.88 Å². The Bertz CT molecular complexity index is 136. The van der Waals surface area contributed by atoms with E-state index in [0.717, 1.165) is 0 Å². The fourth-order valence-electron chi connectivity index (χ4n) is 0.503. The Morgan fingerprint density at radius 2 is 2.30 bits per heavy atom. The number of hydrogen-bond donors (Lipinski definition) is 0. The van der Waals surface area contributed by atoms with Gasteiger partial charge < -0.3 is 0 Å². The van der Waals surface area contributed by atoms with Crippen molar-refractivity contribution in [3.8, 4) is 0 Å². The minimum absolute atomic E-state index is 0.266. The number of hydrogen-bond acceptors (Lipinski definition) is 0. The SMILES string of the molecule is C/C=C\C=C(\CCl)C(C)F. The van der Waals surface area contributed by atoms with Crippen molar-refractivity contribution in [1.29, 1.82) is 0 Å². The van der Waals surface area contributed by atoms with E-state index in [2.05, 4.69) is 0 Å². The summed E-state index contributed by atoms with van der Waals surface area (Å²) in [6, 6.07) is 0. The standard InChI is InChI=1S/C8H12ClF/c1-3-4-5-8(6-9)7(2)10/h3-5,7H,6H2,1-2H3/b4-3-,8-5-.